The van der Waals surface area contributed by atoms with Crippen molar-refractivity contribution in [2.75, 3.05) is 11.9 Å². The summed E-state index contributed by atoms with van der Waals surface area (Å²) in [5.41, 5.74) is 1.02. The van der Waals surface area contributed by atoms with Gasteiger partial charge in [0.25, 0.3) is 0 Å². The van der Waals surface area contributed by atoms with Crippen molar-refractivity contribution in [2.45, 2.75) is 32.0 Å². The molecule has 0 saturated carbocycles. The molecule has 112 valence electrons. The molecule has 1 aliphatic heterocycles. The molecule has 0 radical (unpaired) electrons. The number of nitrogens with one attached hydrogen (secondary N) is 1. The molecule has 1 aliphatic rings. The quantitative estimate of drug-likeness (QED) is 0.845. The molecule has 0 amide bonds. The Balaban J connectivity index is 1.52. The van der Waals surface area contributed by atoms with Gasteiger partial charge in [0.2, 0.25) is 0 Å². The molecule has 3 rings (SSSR count). The molecule has 7 heteroatoms. The summed E-state index contributed by atoms with van der Waals surface area (Å²) < 4.78 is 12.6. The molecule has 1 unspecified atom stereocenters. The summed E-state index contributed by atoms with van der Waals surface area (Å²) in [6.45, 7) is 2.01. The van der Waals surface area contributed by atoms with Crippen molar-refractivity contribution in [2.24, 2.45) is 0 Å². The average Bonchev–Trinajstić information content (AvgIpc) is 3.18. The van der Waals surface area contributed by atoms with Crippen LogP contribution in [0.15, 0.2) is 29.1 Å². The monoisotopic (exact) mass is 291 g/mol. The van der Waals surface area contributed by atoms with Gasteiger partial charge in [-0.1, -0.05) is 0 Å². The van der Waals surface area contributed by atoms with E-state index < -0.39 is 5.97 Å². The van der Waals surface area contributed by atoms with E-state index in [1.807, 2.05) is 10.9 Å². The molecule has 0 bridgehead atoms. The van der Waals surface area contributed by atoms with Crippen LogP contribution < -0.4 is 5.32 Å². The van der Waals surface area contributed by atoms with Gasteiger partial charge in [-0.2, -0.15) is 5.10 Å². The number of ether oxygens (including phenoxy) is 1. The molecule has 1 fully saturated rings. The Bertz CT molecular complexity index is 613. The predicted molar refractivity (Wildman–Crippen MR) is 74.2 cm³/mol. The first kappa shape index (κ1) is 13.7. The first-order valence-corrected chi connectivity index (χ1v) is 6.89. The molecule has 1 saturated heterocycles. The molecule has 2 aromatic rings. The van der Waals surface area contributed by atoms with Gasteiger partial charge in [-0.3, -0.25) is 4.68 Å². The van der Waals surface area contributed by atoms with Crippen molar-refractivity contribution in [1.82, 2.24) is 9.78 Å². The minimum Gasteiger partial charge on any atom is -0.478 e. The third kappa shape index (κ3) is 3.43. The van der Waals surface area contributed by atoms with Gasteiger partial charge in [-0.25, -0.2) is 4.79 Å². The third-order valence-corrected chi connectivity index (χ3v) is 3.42. The van der Waals surface area contributed by atoms with Crippen LogP contribution in [0.5, 0.6) is 0 Å². The van der Waals surface area contributed by atoms with Crippen molar-refractivity contribution >= 4 is 11.7 Å². The van der Waals surface area contributed by atoms with Crippen LogP contribution in [0.1, 0.15) is 29.0 Å². The van der Waals surface area contributed by atoms with E-state index in [0.29, 0.717) is 12.3 Å². The summed E-state index contributed by atoms with van der Waals surface area (Å²) in [7, 11) is 0. The lowest BCUT2D eigenvalue weighted by molar-refractivity contribution is 0.0696. The fraction of sp³-hybridized carbons (Fsp3) is 0.429. The summed E-state index contributed by atoms with van der Waals surface area (Å²) in [5, 5.41) is 16.2. The maximum Gasteiger partial charge on any atom is 0.338 e. The predicted octanol–water partition coefficient (Wildman–Crippen LogP) is 1.97. The SMILES string of the molecule is O=C(O)c1coc(CNc2cnn(CC3CCCO3)c2)c1. The second kappa shape index (κ2) is 6.01. The Labute approximate surface area is 121 Å². The van der Waals surface area contributed by atoms with Gasteiger partial charge in [-0.05, 0) is 18.9 Å². The van der Waals surface area contributed by atoms with E-state index in [9.17, 15) is 4.79 Å². The Morgan fingerprint density at radius 3 is 3.19 bits per heavy atom. The number of rotatable bonds is 6. The normalized spacial score (nSPS) is 18.0. The van der Waals surface area contributed by atoms with Crippen molar-refractivity contribution < 1.29 is 19.1 Å². The minimum atomic E-state index is -0.991. The highest BCUT2D eigenvalue weighted by Gasteiger charge is 2.16. The lowest BCUT2D eigenvalue weighted by atomic mass is 10.2. The molecule has 7 nitrogen and oxygen atoms in total. The zero-order chi connectivity index (χ0) is 14.7. The number of aromatic nitrogens is 2. The molecule has 1 atom stereocenters. The minimum absolute atomic E-state index is 0.154. The first-order chi connectivity index (χ1) is 10.2. The van der Waals surface area contributed by atoms with Crippen molar-refractivity contribution in [3.05, 3.63) is 36.0 Å². The highest BCUT2D eigenvalue weighted by Crippen LogP contribution is 2.15. The van der Waals surface area contributed by atoms with Gasteiger partial charge in [0.05, 0.1) is 36.6 Å². The van der Waals surface area contributed by atoms with Crippen LogP contribution in [-0.4, -0.2) is 33.6 Å². The standard InChI is InChI=1S/C14H17N3O4/c18-14(19)10-4-13(21-9-10)6-15-11-5-16-17(7-11)8-12-2-1-3-20-12/h4-5,7,9,12,15H,1-3,6,8H2,(H,18,19). The third-order valence-electron chi connectivity index (χ3n) is 3.42. The van der Waals surface area contributed by atoms with Crippen LogP contribution in [0.2, 0.25) is 0 Å². The molecular formula is C14H17N3O4. The van der Waals surface area contributed by atoms with E-state index in [4.69, 9.17) is 14.3 Å². The Hall–Kier alpha value is -2.28. The van der Waals surface area contributed by atoms with Crippen LogP contribution in [0.3, 0.4) is 0 Å². The fourth-order valence-electron chi connectivity index (χ4n) is 2.33. The fourth-order valence-corrected chi connectivity index (χ4v) is 2.33. The second-order valence-corrected chi connectivity index (χ2v) is 5.05. The summed E-state index contributed by atoms with van der Waals surface area (Å²) in [5.74, 6) is -0.423. The summed E-state index contributed by atoms with van der Waals surface area (Å²) >= 11 is 0. The molecule has 2 N–H and O–H groups in total. The van der Waals surface area contributed by atoms with Crippen LogP contribution in [0, 0.1) is 0 Å². The van der Waals surface area contributed by atoms with Gasteiger partial charge in [0, 0.05) is 12.8 Å². The summed E-state index contributed by atoms with van der Waals surface area (Å²) in [6, 6.07) is 1.51. The van der Waals surface area contributed by atoms with Gasteiger partial charge in [-0.15, -0.1) is 0 Å². The Morgan fingerprint density at radius 1 is 1.57 bits per heavy atom. The zero-order valence-corrected chi connectivity index (χ0v) is 11.5. The number of hydrogen-bond acceptors (Lipinski definition) is 5. The first-order valence-electron chi connectivity index (χ1n) is 6.89. The number of carboxylic acids is 1. The zero-order valence-electron chi connectivity index (χ0n) is 11.5. The summed E-state index contributed by atoms with van der Waals surface area (Å²) in [6.07, 6.45) is 7.31. The number of nitrogens with zero attached hydrogens (tertiary/aromatic N) is 2. The molecule has 21 heavy (non-hydrogen) atoms. The van der Waals surface area contributed by atoms with Gasteiger partial charge in [0.1, 0.15) is 12.0 Å². The van der Waals surface area contributed by atoms with Crippen molar-refractivity contribution in [3.63, 3.8) is 0 Å². The second-order valence-electron chi connectivity index (χ2n) is 5.05. The highest BCUT2D eigenvalue weighted by molar-refractivity contribution is 5.87. The largest absolute Gasteiger partial charge is 0.478 e. The highest BCUT2D eigenvalue weighted by atomic mass is 16.5. The van der Waals surface area contributed by atoms with Crippen LogP contribution in [-0.2, 0) is 17.8 Å². The number of carbonyl (C=O) groups is 1. The number of hydrogen-bond donors (Lipinski definition) is 2. The maximum absolute atomic E-state index is 10.8. The van der Waals surface area contributed by atoms with Crippen LogP contribution in [0.25, 0.3) is 0 Å². The van der Waals surface area contributed by atoms with E-state index in [2.05, 4.69) is 10.4 Å². The summed E-state index contributed by atoms with van der Waals surface area (Å²) in [4.78, 5) is 10.8. The topological polar surface area (TPSA) is 89.5 Å². The molecule has 3 heterocycles. The number of aromatic carboxylic acids is 1. The molecule has 2 aromatic heterocycles. The van der Waals surface area contributed by atoms with Gasteiger partial charge >= 0.3 is 5.97 Å². The van der Waals surface area contributed by atoms with Crippen LogP contribution >= 0.6 is 0 Å². The van der Waals surface area contributed by atoms with E-state index in [-0.39, 0.29) is 11.7 Å². The molecule has 0 aliphatic carbocycles. The van der Waals surface area contributed by atoms with Crippen molar-refractivity contribution in [3.8, 4) is 0 Å². The van der Waals surface area contributed by atoms with Gasteiger partial charge in [0.15, 0.2) is 0 Å². The lowest BCUT2D eigenvalue weighted by Crippen LogP contribution is -2.15. The van der Waals surface area contributed by atoms with Crippen LogP contribution in [0.4, 0.5) is 5.69 Å². The lowest BCUT2D eigenvalue weighted by Gasteiger charge is -2.08. The average molecular weight is 291 g/mol. The van der Waals surface area contributed by atoms with E-state index in [1.54, 1.807) is 6.20 Å². The Kier molecular flexibility index (Phi) is 3.92. The maximum atomic E-state index is 10.8. The van der Waals surface area contributed by atoms with E-state index >= 15 is 0 Å². The number of furan rings is 1. The molecule has 0 aromatic carbocycles. The Morgan fingerprint density at radius 2 is 2.48 bits per heavy atom. The molecule has 0 spiro atoms. The molecular weight excluding hydrogens is 274 g/mol. The number of anilines is 1. The number of carboxylic acid groups (broad SMARTS) is 1. The van der Waals surface area contributed by atoms with Gasteiger partial charge < -0.3 is 19.6 Å². The van der Waals surface area contributed by atoms with E-state index in [0.717, 1.165) is 31.7 Å². The smallest absolute Gasteiger partial charge is 0.338 e. The van der Waals surface area contributed by atoms with E-state index in [1.165, 1.54) is 12.3 Å². The van der Waals surface area contributed by atoms with Crippen molar-refractivity contribution in [1.29, 1.82) is 0 Å².